The highest BCUT2D eigenvalue weighted by atomic mass is 32.2. The van der Waals surface area contributed by atoms with Crippen LogP contribution in [0.5, 0.6) is 0 Å². The summed E-state index contributed by atoms with van der Waals surface area (Å²) in [5, 5.41) is 4.68. The average molecular weight is 210 g/mol. The molecular weight excluding hydrogens is 200 g/mol. The van der Waals surface area contributed by atoms with Crippen molar-refractivity contribution in [1.29, 1.82) is 0 Å². The lowest BCUT2D eigenvalue weighted by atomic mass is 10.2. The highest BCUT2D eigenvalue weighted by Crippen LogP contribution is 2.25. The van der Waals surface area contributed by atoms with Crippen molar-refractivity contribution in [2.24, 2.45) is 0 Å². The Hall–Kier alpha value is -1.36. The molecule has 1 aromatic heterocycles. The van der Waals surface area contributed by atoms with Crippen molar-refractivity contribution in [3.8, 4) is 0 Å². The first-order chi connectivity index (χ1) is 6.68. The highest BCUT2D eigenvalue weighted by Gasteiger charge is 2.09. The minimum atomic E-state index is -1.13. The van der Waals surface area contributed by atoms with Crippen molar-refractivity contribution >= 4 is 27.8 Å². The molecule has 0 saturated heterocycles. The van der Waals surface area contributed by atoms with E-state index in [4.69, 9.17) is 4.52 Å². The Labute approximate surface area is 83.9 Å². The molecule has 0 saturated carbocycles. The minimum absolute atomic E-state index is 0.532. The summed E-state index contributed by atoms with van der Waals surface area (Å²) in [4.78, 5) is 0. The molecule has 0 aliphatic rings. The molecule has 0 spiro atoms. The Balaban J connectivity index is 2.58. The maximum absolute atomic E-state index is 11.0. The second-order valence-electron chi connectivity index (χ2n) is 3.04. The molecule has 1 N–H and O–H groups in total. The van der Waals surface area contributed by atoms with Crippen molar-refractivity contribution < 1.29 is 8.73 Å². The molecule has 0 radical (unpaired) electrons. The predicted molar refractivity (Wildman–Crippen MR) is 56.4 cm³/mol. The lowest BCUT2D eigenvalue weighted by molar-refractivity contribution is 0.459. The molecule has 0 amide bonds. The van der Waals surface area contributed by atoms with Crippen LogP contribution in [0.3, 0.4) is 0 Å². The summed E-state index contributed by atoms with van der Waals surface area (Å²) in [7, 11) is -1.13. The zero-order valence-corrected chi connectivity index (χ0v) is 8.72. The molecule has 1 aromatic carbocycles. The van der Waals surface area contributed by atoms with Crippen molar-refractivity contribution in [1.82, 2.24) is 5.16 Å². The van der Waals surface area contributed by atoms with Gasteiger partial charge in [-0.1, -0.05) is 17.3 Å². The molecular formula is C9H10N2O2S. The van der Waals surface area contributed by atoms with Gasteiger partial charge in [-0.2, -0.15) is 0 Å². The Morgan fingerprint density at radius 1 is 1.50 bits per heavy atom. The van der Waals surface area contributed by atoms with Crippen molar-refractivity contribution in [2.75, 3.05) is 11.0 Å². The molecule has 1 unspecified atom stereocenters. The second-order valence-corrected chi connectivity index (χ2v) is 4.15. The lowest BCUT2D eigenvalue weighted by Crippen LogP contribution is -2.01. The van der Waals surface area contributed by atoms with Gasteiger partial charge in [-0.05, 0) is 18.6 Å². The number of nitrogens with zero attached hydrogens (tertiary/aromatic N) is 1. The van der Waals surface area contributed by atoms with Crippen LogP contribution in [0.4, 0.5) is 5.82 Å². The molecule has 74 valence electrons. The third-order valence-corrected chi connectivity index (χ3v) is 2.42. The van der Waals surface area contributed by atoms with E-state index >= 15 is 0 Å². The molecule has 1 atom stereocenters. The summed E-state index contributed by atoms with van der Waals surface area (Å²) in [5.41, 5.74) is 1.75. The van der Waals surface area contributed by atoms with Gasteiger partial charge in [-0.3, -0.25) is 4.72 Å². The first kappa shape index (κ1) is 9.21. The van der Waals surface area contributed by atoms with Crippen LogP contribution in [0.25, 0.3) is 11.0 Å². The number of hydrogen-bond donors (Lipinski definition) is 1. The van der Waals surface area contributed by atoms with Gasteiger partial charge in [0.2, 0.25) is 0 Å². The van der Waals surface area contributed by atoms with Gasteiger partial charge < -0.3 is 4.52 Å². The standard InChI is InChI=1S/C9H10N2O2S/c1-6-4-3-5-7-8(6)13-10-9(7)11-14(2)12/h3-5H,1-2H3,(H,10,11). The van der Waals surface area contributed by atoms with Gasteiger partial charge in [0.15, 0.2) is 11.4 Å². The van der Waals surface area contributed by atoms with Crippen LogP contribution in [0.1, 0.15) is 5.56 Å². The number of rotatable bonds is 2. The Bertz CT molecular complexity index is 493. The van der Waals surface area contributed by atoms with E-state index < -0.39 is 11.0 Å². The zero-order chi connectivity index (χ0) is 10.1. The average Bonchev–Trinajstić information content (AvgIpc) is 2.49. The smallest absolute Gasteiger partial charge is 0.189 e. The molecule has 0 aliphatic heterocycles. The number of aromatic nitrogens is 1. The molecule has 0 bridgehead atoms. The van der Waals surface area contributed by atoms with Crippen molar-refractivity contribution in [3.63, 3.8) is 0 Å². The van der Waals surface area contributed by atoms with Gasteiger partial charge in [0, 0.05) is 6.26 Å². The topological polar surface area (TPSA) is 55.1 Å². The predicted octanol–water partition coefficient (Wildman–Crippen LogP) is 1.84. The number of fused-ring (bicyclic) bond motifs is 1. The zero-order valence-electron chi connectivity index (χ0n) is 7.90. The van der Waals surface area contributed by atoms with Gasteiger partial charge in [0.25, 0.3) is 0 Å². The Kier molecular flexibility index (Phi) is 2.25. The van der Waals surface area contributed by atoms with Crippen LogP contribution in [0.15, 0.2) is 22.7 Å². The first-order valence-electron chi connectivity index (χ1n) is 4.13. The molecule has 2 aromatic rings. The van der Waals surface area contributed by atoms with Crippen molar-refractivity contribution in [3.05, 3.63) is 23.8 Å². The summed E-state index contributed by atoms with van der Waals surface area (Å²) in [6.07, 6.45) is 1.55. The van der Waals surface area contributed by atoms with E-state index in [0.29, 0.717) is 5.82 Å². The van der Waals surface area contributed by atoms with Crippen LogP contribution in [0.2, 0.25) is 0 Å². The summed E-state index contributed by atoms with van der Waals surface area (Å²) < 4.78 is 18.8. The van der Waals surface area contributed by atoms with E-state index in [9.17, 15) is 4.21 Å². The monoisotopic (exact) mass is 210 g/mol. The summed E-state index contributed by atoms with van der Waals surface area (Å²) >= 11 is 0. The van der Waals surface area contributed by atoms with Crippen molar-refractivity contribution in [2.45, 2.75) is 6.92 Å². The number of anilines is 1. The second kappa shape index (κ2) is 3.42. The van der Waals surface area contributed by atoms with E-state index in [1.807, 2.05) is 25.1 Å². The van der Waals surface area contributed by atoms with E-state index in [1.54, 1.807) is 6.26 Å². The fourth-order valence-corrected chi connectivity index (χ4v) is 1.73. The normalized spacial score (nSPS) is 13.0. The van der Waals surface area contributed by atoms with Crippen LogP contribution in [0, 0.1) is 6.92 Å². The van der Waals surface area contributed by atoms with Crippen LogP contribution in [-0.4, -0.2) is 15.6 Å². The van der Waals surface area contributed by atoms with E-state index in [-0.39, 0.29) is 0 Å². The fourth-order valence-electron chi connectivity index (χ4n) is 1.31. The number of hydrogen-bond acceptors (Lipinski definition) is 3. The molecule has 0 fully saturated rings. The SMILES string of the molecule is Cc1cccc2c(NS(C)=O)noc12. The molecule has 2 rings (SSSR count). The van der Waals surface area contributed by atoms with Gasteiger partial charge in [0.1, 0.15) is 11.0 Å². The summed E-state index contributed by atoms with van der Waals surface area (Å²) in [5.74, 6) is 0.532. The number of para-hydroxylation sites is 1. The number of nitrogens with one attached hydrogen (secondary N) is 1. The van der Waals surface area contributed by atoms with E-state index in [1.165, 1.54) is 0 Å². The molecule has 4 nitrogen and oxygen atoms in total. The molecule has 0 aliphatic carbocycles. The van der Waals surface area contributed by atoms with Crippen LogP contribution >= 0.6 is 0 Å². The highest BCUT2D eigenvalue weighted by molar-refractivity contribution is 7.85. The van der Waals surface area contributed by atoms with Crippen LogP contribution < -0.4 is 4.72 Å². The minimum Gasteiger partial charge on any atom is -0.354 e. The van der Waals surface area contributed by atoms with Gasteiger partial charge in [0.05, 0.1) is 5.39 Å². The van der Waals surface area contributed by atoms with Gasteiger partial charge >= 0.3 is 0 Å². The maximum Gasteiger partial charge on any atom is 0.189 e. The number of benzene rings is 1. The van der Waals surface area contributed by atoms with E-state index in [0.717, 1.165) is 16.5 Å². The quantitative estimate of drug-likeness (QED) is 0.822. The number of aryl methyl sites for hydroxylation is 1. The summed E-state index contributed by atoms with van der Waals surface area (Å²) in [6.45, 7) is 1.94. The first-order valence-corrected chi connectivity index (χ1v) is 5.69. The largest absolute Gasteiger partial charge is 0.354 e. The Morgan fingerprint density at radius 2 is 2.29 bits per heavy atom. The maximum atomic E-state index is 11.0. The Morgan fingerprint density at radius 3 is 3.00 bits per heavy atom. The molecule has 5 heteroatoms. The third kappa shape index (κ3) is 1.50. The molecule has 14 heavy (non-hydrogen) atoms. The van der Waals surface area contributed by atoms with Gasteiger partial charge in [-0.25, -0.2) is 4.21 Å². The van der Waals surface area contributed by atoms with Crippen LogP contribution in [-0.2, 0) is 11.0 Å². The van der Waals surface area contributed by atoms with E-state index in [2.05, 4.69) is 9.88 Å². The lowest BCUT2D eigenvalue weighted by Gasteiger charge is -1.96. The summed E-state index contributed by atoms with van der Waals surface area (Å²) in [6, 6.07) is 5.74. The third-order valence-electron chi connectivity index (χ3n) is 1.94. The molecule has 1 heterocycles. The fraction of sp³-hybridized carbons (Fsp3) is 0.222. The van der Waals surface area contributed by atoms with Gasteiger partial charge in [-0.15, -0.1) is 0 Å².